The molecule has 6 heterocycles. The Hall–Kier alpha value is -4.54. The van der Waals surface area contributed by atoms with Crippen molar-refractivity contribution in [3.63, 3.8) is 0 Å². The first-order valence-electron chi connectivity index (χ1n) is 14.8. The molecule has 0 radical (unpaired) electrons. The number of amides is 3. The summed E-state index contributed by atoms with van der Waals surface area (Å²) < 4.78 is 19.7. The second-order valence-corrected chi connectivity index (χ2v) is 11.6. The average molecular weight is 588 g/mol. The molecule has 3 amide bonds. The van der Waals surface area contributed by atoms with Crippen LogP contribution < -0.4 is 24.8 Å². The summed E-state index contributed by atoms with van der Waals surface area (Å²) in [5.41, 5.74) is 1.45. The van der Waals surface area contributed by atoms with Crippen LogP contribution in [-0.2, 0) is 33.9 Å². The number of hydrogen-bond acceptors (Lipinski definition) is 7. The number of aryl methyl sites for hydroxylation is 1. The number of nitrogens with zero attached hydrogens (tertiary/aromatic N) is 3. The number of imidazole rings is 1. The number of carbonyl (C=O) groups is 3. The molecule has 11 heteroatoms. The zero-order chi connectivity index (χ0) is 29.8. The first-order chi connectivity index (χ1) is 20.9. The second-order valence-electron chi connectivity index (χ2n) is 11.6. The van der Waals surface area contributed by atoms with Crippen LogP contribution in [0.15, 0.2) is 61.2 Å². The molecule has 0 unspecified atom stereocenters. The van der Waals surface area contributed by atoms with Crippen LogP contribution >= 0.6 is 0 Å². The summed E-state index contributed by atoms with van der Waals surface area (Å²) in [7, 11) is 1.54. The quantitative estimate of drug-likeness (QED) is 0.481. The molecule has 1 aromatic heterocycles. The van der Waals surface area contributed by atoms with Crippen LogP contribution in [0, 0.1) is 5.41 Å². The minimum atomic E-state index is -0.438. The fourth-order valence-corrected chi connectivity index (χ4v) is 5.84. The van der Waals surface area contributed by atoms with Crippen molar-refractivity contribution in [3.05, 3.63) is 72.3 Å². The van der Waals surface area contributed by atoms with Gasteiger partial charge in [0.15, 0.2) is 18.1 Å². The molecule has 2 aromatic carbocycles. The minimum absolute atomic E-state index is 0.0483. The molecule has 43 heavy (non-hydrogen) atoms. The van der Waals surface area contributed by atoms with Gasteiger partial charge in [0.05, 0.1) is 24.9 Å². The Bertz CT molecular complexity index is 1450. The van der Waals surface area contributed by atoms with Crippen molar-refractivity contribution in [1.29, 1.82) is 0 Å². The predicted molar refractivity (Wildman–Crippen MR) is 157 cm³/mol. The number of nitrogens with one attached hydrogen (secondary N) is 2. The smallest absolute Gasteiger partial charge is 0.258 e. The zero-order valence-electron chi connectivity index (χ0n) is 24.3. The van der Waals surface area contributed by atoms with Crippen molar-refractivity contribution in [2.45, 2.75) is 57.3 Å². The Labute approximate surface area is 250 Å². The molecule has 5 aliphatic heterocycles. The van der Waals surface area contributed by atoms with Gasteiger partial charge in [-0.15, -0.1) is 0 Å². The molecule has 11 nitrogen and oxygen atoms in total. The molecule has 1 saturated heterocycles. The van der Waals surface area contributed by atoms with Gasteiger partial charge in [0.25, 0.3) is 5.91 Å². The van der Waals surface area contributed by atoms with Crippen LogP contribution in [0.2, 0.25) is 0 Å². The van der Waals surface area contributed by atoms with E-state index in [0.29, 0.717) is 62.7 Å². The van der Waals surface area contributed by atoms with E-state index in [4.69, 9.17) is 14.2 Å². The number of piperidine rings is 1. The maximum absolute atomic E-state index is 13.7. The third-order valence-corrected chi connectivity index (χ3v) is 8.46. The summed E-state index contributed by atoms with van der Waals surface area (Å²) in [6.45, 7) is 1.65. The Morgan fingerprint density at radius 3 is 2.65 bits per heavy atom. The number of methoxy groups -OCH3 is 1. The van der Waals surface area contributed by atoms with Crippen molar-refractivity contribution in [2.24, 2.45) is 5.41 Å². The minimum Gasteiger partial charge on any atom is -0.493 e. The highest BCUT2D eigenvalue weighted by Gasteiger charge is 2.53. The van der Waals surface area contributed by atoms with Gasteiger partial charge in [-0.05, 0) is 54.7 Å². The lowest BCUT2D eigenvalue weighted by molar-refractivity contribution is -0.141. The van der Waals surface area contributed by atoms with Crippen molar-refractivity contribution >= 4 is 17.7 Å². The Balaban J connectivity index is 1.21. The van der Waals surface area contributed by atoms with Gasteiger partial charge < -0.3 is 34.3 Å². The van der Waals surface area contributed by atoms with Gasteiger partial charge in [-0.2, -0.15) is 0 Å². The van der Waals surface area contributed by atoms with E-state index < -0.39 is 11.5 Å². The van der Waals surface area contributed by atoms with Crippen LogP contribution in [0.25, 0.3) is 0 Å². The van der Waals surface area contributed by atoms with Gasteiger partial charge >= 0.3 is 0 Å². The van der Waals surface area contributed by atoms with Crippen LogP contribution in [0.1, 0.15) is 36.8 Å². The molecule has 0 spiro atoms. The van der Waals surface area contributed by atoms with Gasteiger partial charge in [0.2, 0.25) is 11.8 Å². The Morgan fingerprint density at radius 2 is 1.91 bits per heavy atom. The van der Waals surface area contributed by atoms with Crippen molar-refractivity contribution in [1.82, 2.24) is 25.1 Å². The van der Waals surface area contributed by atoms with Crippen LogP contribution in [0.4, 0.5) is 0 Å². The monoisotopic (exact) mass is 587 g/mol. The first-order valence-corrected chi connectivity index (χ1v) is 14.8. The molecule has 2 atom stereocenters. The number of benzene rings is 2. The van der Waals surface area contributed by atoms with Crippen molar-refractivity contribution < 1.29 is 28.6 Å². The molecule has 226 valence electrons. The van der Waals surface area contributed by atoms with E-state index in [-0.39, 0.29) is 30.4 Å². The van der Waals surface area contributed by atoms with E-state index in [1.165, 1.54) is 7.11 Å². The summed E-state index contributed by atoms with van der Waals surface area (Å²) in [6, 6.07) is 12.6. The van der Waals surface area contributed by atoms with Crippen LogP contribution in [0.3, 0.4) is 0 Å². The number of rotatable bonds is 4. The highest BCUT2D eigenvalue weighted by molar-refractivity contribution is 5.85. The van der Waals surface area contributed by atoms with E-state index in [1.54, 1.807) is 18.6 Å². The maximum atomic E-state index is 13.7. The summed E-state index contributed by atoms with van der Waals surface area (Å²) in [4.78, 5) is 45.4. The van der Waals surface area contributed by atoms with E-state index >= 15 is 0 Å². The molecule has 2 fully saturated rings. The van der Waals surface area contributed by atoms with Gasteiger partial charge in [0.1, 0.15) is 11.9 Å². The highest BCUT2D eigenvalue weighted by Crippen LogP contribution is 2.49. The van der Waals surface area contributed by atoms with Crippen molar-refractivity contribution in [2.75, 3.05) is 26.8 Å². The molecule has 4 bridgehead atoms. The van der Waals surface area contributed by atoms with Crippen LogP contribution in [-0.4, -0.2) is 71.1 Å². The largest absolute Gasteiger partial charge is 0.493 e. The standard InChI is InChI=1S/C32H37N5O6/c1-41-28-16-22-4-8-27(28)42-19-30(39)35-25-18-37(31(40)32(11-12-32)20-36-15-13-33-21-36)14-10-26(25)43-24-6-2-23(3-7-24)17-34-29(38)9-5-22/h2-4,6-8,13,15-16,21,25-26H,5,9-12,14,17-20H2,1H3,(H,34,38)(H,35,39)/t25-,26-/m1/s1. The Morgan fingerprint density at radius 1 is 1.09 bits per heavy atom. The summed E-state index contributed by atoms with van der Waals surface area (Å²) in [6.07, 6.45) is 8.09. The first kappa shape index (κ1) is 28.6. The number of aromatic nitrogens is 2. The number of likely N-dealkylation sites (tertiary alicyclic amines) is 1. The third kappa shape index (κ3) is 6.76. The van der Waals surface area contributed by atoms with E-state index in [0.717, 1.165) is 24.0 Å². The molecule has 1 saturated carbocycles. The lowest BCUT2D eigenvalue weighted by Gasteiger charge is -2.40. The van der Waals surface area contributed by atoms with Gasteiger partial charge in [-0.25, -0.2) is 4.98 Å². The van der Waals surface area contributed by atoms with E-state index in [2.05, 4.69) is 15.6 Å². The molecule has 9 rings (SSSR count). The molecule has 3 aromatic rings. The highest BCUT2D eigenvalue weighted by atomic mass is 16.5. The van der Waals surface area contributed by atoms with Gasteiger partial charge in [-0.3, -0.25) is 14.4 Å². The molecular weight excluding hydrogens is 550 g/mol. The third-order valence-electron chi connectivity index (χ3n) is 8.46. The molecule has 2 N–H and O–H groups in total. The topological polar surface area (TPSA) is 124 Å². The van der Waals surface area contributed by atoms with Crippen molar-refractivity contribution in [3.8, 4) is 17.2 Å². The second kappa shape index (κ2) is 12.4. The number of ether oxygens (including phenoxy) is 3. The summed E-state index contributed by atoms with van der Waals surface area (Å²) in [5, 5.41) is 6.05. The summed E-state index contributed by atoms with van der Waals surface area (Å²) >= 11 is 0. The SMILES string of the molecule is COc1cc2ccc1OCC(=O)N[C@@H]1CN(C(=O)C3(Cn4ccnc4)CC3)CC[C@H]1Oc1ccc(cc1)CNC(=O)CC2. The average Bonchev–Trinajstić information content (AvgIpc) is 3.62. The van der Waals surface area contributed by atoms with E-state index in [1.807, 2.05) is 52.1 Å². The summed E-state index contributed by atoms with van der Waals surface area (Å²) in [5.74, 6) is 1.32. The fourth-order valence-electron chi connectivity index (χ4n) is 5.84. The predicted octanol–water partition coefficient (Wildman–Crippen LogP) is 2.48. The zero-order valence-corrected chi connectivity index (χ0v) is 24.3. The lowest BCUT2D eigenvalue weighted by atomic mass is 9.98. The van der Waals surface area contributed by atoms with E-state index in [9.17, 15) is 14.4 Å². The molecule has 1 aliphatic carbocycles. The van der Waals surface area contributed by atoms with Crippen LogP contribution in [0.5, 0.6) is 17.2 Å². The lowest BCUT2D eigenvalue weighted by Crippen LogP contribution is -2.59. The molecular formula is C32H37N5O6. The number of hydrogen-bond donors (Lipinski definition) is 2. The Kier molecular flexibility index (Phi) is 8.22. The van der Waals surface area contributed by atoms with Gasteiger partial charge in [-0.1, -0.05) is 18.2 Å². The van der Waals surface area contributed by atoms with Gasteiger partial charge in [0, 0.05) is 51.4 Å². The normalized spacial score (nSPS) is 21.9. The molecule has 6 aliphatic rings. The maximum Gasteiger partial charge on any atom is 0.258 e. The fraction of sp³-hybridized carbons (Fsp3) is 0.438. The number of carbonyl (C=O) groups excluding carboxylic acids is 3.